The van der Waals surface area contributed by atoms with Crippen LogP contribution in [-0.4, -0.2) is 36.7 Å². The number of carboxylic acids is 1. The number of aromatic carboxylic acids is 1. The Labute approximate surface area is 128 Å². The summed E-state index contributed by atoms with van der Waals surface area (Å²) in [5, 5.41) is 9.56. The van der Waals surface area contributed by atoms with Crippen molar-refractivity contribution >= 4 is 29.2 Å². The number of hydrogen-bond acceptors (Lipinski definition) is 4. The van der Waals surface area contributed by atoms with E-state index in [0.29, 0.717) is 23.9 Å². The summed E-state index contributed by atoms with van der Waals surface area (Å²) in [5.74, 6) is -1.39. The van der Waals surface area contributed by atoms with Crippen molar-refractivity contribution < 1.29 is 19.4 Å². The molecule has 0 aromatic heterocycles. The van der Waals surface area contributed by atoms with Crippen LogP contribution in [0.3, 0.4) is 0 Å². The molecule has 1 aliphatic heterocycles. The smallest absolute Gasteiger partial charge is 0.335 e. The van der Waals surface area contributed by atoms with Gasteiger partial charge in [0.1, 0.15) is 0 Å². The first-order valence-corrected chi connectivity index (χ1v) is 7.35. The van der Waals surface area contributed by atoms with Crippen molar-refractivity contribution in [2.24, 2.45) is 5.92 Å². The van der Waals surface area contributed by atoms with Gasteiger partial charge >= 0.3 is 11.9 Å². The van der Waals surface area contributed by atoms with Crippen LogP contribution < -0.4 is 4.90 Å². The van der Waals surface area contributed by atoms with Crippen LogP contribution in [0.15, 0.2) is 18.2 Å². The van der Waals surface area contributed by atoms with E-state index in [1.165, 1.54) is 6.07 Å². The maximum absolute atomic E-state index is 11.9. The van der Waals surface area contributed by atoms with Gasteiger partial charge in [-0.25, -0.2) is 4.79 Å². The lowest BCUT2D eigenvalue weighted by atomic mass is 9.97. The number of hydrogen-bond donors (Lipinski definition) is 1. The number of halogens is 1. The van der Waals surface area contributed by atoms with Gasteiger partial charge in [-0.1, -0.05) is 11.6 Å². The lowest BCUT2D eigenvalue weighted by molar-refractivity contribution is -0.148. The Morgan fingerprint density at radius 2 is 2.24 bits per heavy atom. The largest absolute Gasteiger partial charge is 0.478 e. The van der Waals surface area contributed by atoms with Crippen LogP contribution in [0, 0.1) is 5.92 Å². The molecule has 1 atom stereocenters. The van der Waals surface area contributed by atoms with Crippen LogP contribution in [0.1, 0.15) is 30.1 Å². The van der Waals surface area contributed by atoms with Gasteiger partial charge in [0.25, 0.3) is 0 Å². The summed E-state index contributed by atoms with van der Waals surface area (Å²) in [4.78, 5) is 24.9. The second-order valence-corrected chi connectivity index (χ2v) is 5.42. The highest BCUT2D eigenvalue weighted by Gasteiger charge is 2.28. The Bertz CT molecular complexity index is 546. The van der Waals surface area contributed by atoms with Gasteiger partial charge in [0.15, 0.2) is 0 Å². The molecule has 1 aliphatic rings. The van der Waals surface area contributed by atoms with Crippen LogP contribution in [0.2, 0.25) is 5.02 Å². The van der Waals surface area contributed by atoms with Crippen molar-refractivity contribution in [2.45, 2.75) is 19.8 Å². The van der Waals surface area contributed by atoms with Crippen molar-refractivity contribution in [3.8, 4) is 0 Å². The molecule has 0 bridgehead atoms. The van der Waals surface area contributed by atoms with Gasteiger partial charge in [0.05, 0.1) is 28.8 Å². The highest BCUT2D eigenvalue weighted by molar-refractivity contribution is 6.33. The van der Waals surface area contributed by atoms with E-state index in [4.69, 9.17) is 21.4 Å². The van der Waals surface area contributed by atoms with E-state index >= 15 is 0 Å². The molecule has 0 radical (unpaired) electrons. The minimum Gasteiger partial charge on any atom is -0.478 e. The van der Waals surface area contributed by atoms with E-state index in [-0.39, 0.29) is 17.5 Å². The lowest BCUT2D eigenvalue weighted by Gasteiger charge is -2.33. The molecule has 0 saturated carbocycles. The van der Waals surface area contributed by atoms with Gasteiger partial charge < -0.3 is 14.7 Å². The SMILES string of the molecule is CCOC(=O)C1CCCN(c2cc(C(=O)O)ccc2Cl)C1. The minimum atomic E-state index is -0.994. The number of anilines is 1. The predicted molar refractivity (Wildman–Crippen MR) is 80.0 cm³/mol. The monoisotopic (exact) mass is 311 g/mol. The van der Waals surface area contributed by atoms with Gasteiger partial charge in [-0.2, -0.15) is 0 Å². The molecule has 0 aliphatic carbocycles. The molecule has 1 N–H and O–H groups in total. The molecule has 1 fully saturated rings. The Balaban J connectivity index is 2.19. The standard InChI is InChI=1S/C15H18ClNO4/c1-2-21-15(20)11-4-3-7-17(9-11)13-8-10(14(18)19)5-6-12(13)16/h5-6,8,11H,2-4,7,9H2,1H3,(H,18,19). The molecule has 1 aromatic rings. The average molecular weight is 312 g/mol. The van der Waals surface area contributed by atoms with E-state index in [2.05, 4.69) is 0 Å². The summed E-state index contributed by atoms with van der Waals surface area (Å²) >= 11 is 6.17. The molecule has 114 valence electrons. The summed E-state index contributed by atoms with van der Waals surface area (Å²) in [7, 11) is 0. The number of carbonyl (C=O) groups is 2. The average Bonchev–Trinajstić information content (AvgIpc) is 2.48. The second kappa shape index (κ2) is 6.80. The van der Waals surface area contributed by atoms with Gasteiger partial charge in [-0.15, -0.1) is 0 Å². The summed E-state index contributed by atoms with van der Waals surface area (Å²) in [6.07, 6.45) is 1.63. The Kier molecular flexibility index (Phi) is 5.07. The third-order valence-corrected chi connectivity index (χ3v) is 3.89. The zero-order valence-electron chi connectivity index (χ0n) is 11.8. The van der Waals surface area contributed by atoms with E-state index in [0.717, 1.165) is 19.4 Å². The van der Waals surface area contributed by atoms with Crippen LogP contribution >= 0.6 is 11.6 Å². The number of carbonyl (C=O) groups excluding carboxylic acids is 1. The number of nitrogens with zero attached hydrogens (tertiary/aromatic N) is 1. The van der Waals surface area contributed by atoms with Gasteiger partial charge in [0, 0.05) is 13.1 Å². The maximum atomic E-state index is 11.9. The molecule has 1 saturated heterocycles. The number of benzene rings is 1. The van der Waals surface area contributed by atoms with Crippen molar-refractivity contribution in [2.75, 3.05) is 24.6 Å². The van der Waals surface area contributed by atoms with E-state index in [1.807, 2.05) is 4.90 Å². The summed E-state index contributed by atoms with van der Waals surface area (Å²) in [6.45, 7) is 3.40. The number of piperidine rings is 1. The Morgan fingerprint density at radius 1 is 1.48 bits per heavy atom. The van der Waals surface area contributed by atoms with E-state index in [9.17, 15) is 9.59 Å². The molecular formula is C15H18ClNO4. The van der Waals surface area contributed by atoms with Gasteiger partial charge in [0.2, 0.25) is 0 Å². The quantitative estimate of drug-likeness (QED) is 0.866. The Morgan fingerprint density at radius 3 is 2.90 bits per heavy atom. The number of carboxylic acid groups (broad SMARTS) is 1. The second-order valence-electron chi connectivity index (χ2n) is 5.01. The van der Waals surface area contributed by atoms with Crippen molar-refractivity contribution in [1.82, 2.24) is 0 Å². The van der Waals surface area contributed by atoms with E-state index < -0.39 is 5.97 Å². The molecule has 6 heteroatoms. The van der Waals surface area contributed by atoms with Crippen LogP contribution in [-0.2, 0) is 9.53 Å². The summed E-state index contributed by atoms with van der Waals surface area (Å²) in [6, 6.07) is 4.60. The fraction of sp³-hybridized carbons (Fsp3) is 0.467. The number of esters is 1. The molecule has 1 aromatic carbocycles. The third kappa shape index (κ3) is 3.67. The fourth-order valence-corrected chi connectivity index (χ4v) is 2.77. The van der Waals surface area contributed by atoms with Gasteiger partial charge in [-0.05, 0) is 38.0 Å². The number of ether oxygens (including phenoxy) is 1. The number of rotatable bonds is 4. The molecule has 5 nitrogen and oxygen atoms in total. The maximum Gasteiger partial charge on any atom is 0.335 e. The van der Waals surface area contributed by atoms with E-state index in [1.54, 1.807) is 19.1 Å². The molecule has 2 rings (SSSR count). The first-order valence-electron chi connectivity index (χ1n) is 6.97. The molecule has 1 heterocycles. The first-order chi connectivity index (χ1) is 10.0. The summed E-state index contributed by atoms with van der Waals surface area (Å²) < 4.78 is 5.07. The van der Waals surface area contributed by atoms with Gasteiger partial charge in [-0.3, -0.25) is 4.79 Å². The van der Waals surface area contributed by atoms with Crippen LogP contribution in [0.25, 0.3) is 0 Å². The Hall–Kier alpha value is -1.75. The van der Waals surface area contributed by atoms with Crippen molar-refractivity contribution in [3.05, 3.63) is 28.8 Å². The molecule has 21 heavy (non-hydrogen) atoms. The van der Waals surface area contributed by atoms with Crippen LogP contribution in [0.5, 0.6) is 0 Å². The van der Waals surface area contributed by atoms with Crippen molar-refractivity contribution in [3.63, 3.8) is 0 Å². The molecule has 0 spiro atoms. The van der Waals surface area contributed by atoms with Crippen molar-refractivity contribution in [1.29, 1.82) is 0 Å². The molecule has 1 unspecified atom stereocenters. The molecule has 0 amide bonds. The highest BCUT2D eigenvalue weighted by Crippen LogP contribution is 2.31. The fourth-order valence-electron chi connectivity index (χ4n) is 2.54. The lowest BCUT2D eigenvalue weighted by Crippen LogP contribution is -2.39. The first kappa shape index (κ1) is 15.6. The topological polar surface area (TPSA) is 66.8 Å². The normalized spacial score (nSPS) is 18.4. The zero-order chi connectivity index (χ0) is 15.4. The predicted octanol–water partition coefficient (Wildman–Crippen LogP) is 2.82. The summed E-state index contributed by atoms with van der Waals surface area (Å²) in [5.41, 5.74) is 0.846. The third-order valence-electron chi connectivity index (χ3n) is 3.58. The zero-order valence-corrected chi connectivity index (χ0v) is 12.6. The highest BCUT2D eigenvalue weighted by atomic mass is 35.5. The van der Waals surface area contributed by atoms with Crippen LogP contribution in [0.4, 0.5) is 5.69 Å². The minimum absolute atomic E-state index is 0.188. The molecular weight excluding hydrogens is 294 g/mol.